The first-order valence-electron chi connectivity index (χ1n) is 5.05. The van der Waals surface area contributed by atoms with Gasteiger partial charge in [0, 0.05) is 0 Å². The SMILES string of the molecule is C[CH]COc1ccc(C(C)(C)C)cc1. The molecule has 0 aliphatic heterocycles. The van der Waals surface area contributed by atoms with Crippen molar-refractivity contribution in [1.29, 1.82) is 0 Å². The highest BCUT2D eigenvalue weighted by atomic mass is 16.5. The highest BCUT2D eigenvalue weighted by molar-refractivity contribution is 5.31. The summed E-state index contributed by atoms with van der Waals surface area (Å²) in [7, 11) is 0. The van der Waals surface area contributed by atoms with E-state index in [2.05, 4.69) is 32.9 Å². The van der Waals surface area contributed by atoms with E-state index in [1.54, 1.807) is 0 Å². The van der Waals surface area contributed by atoms with Crippen LogP contribution in [0, 0.1) is 6.42 Å². The van der Waals surface area contributed by atoms with Crippen molar-refractivity contribution in [1.82, 2.24) is 0 Å². The van der Waals surface area contributed by atoms with Crippen LogP contribution in [0.3, 0.4) is 0 Å². The molecule has 0 amide bonds. The Morgan fingerprint density at radius 1 is 1.14 bits per heavy atom. The molecule has 1 rings (SSSR count). The van der Waals surface area contributed by atoms with Crippen molar-refractivity contribution in [2.45, 2.75) is 33.1 Å². The maximum absolute atomic E-state index is 5.47. The zero-order valence-corrected chi connectivity index (χ0v) is 9.50. The van der Waals surface area contributed by atoms with Gasteiger partial charge in [-0.25, -0.2) is 0 Å². The molecule has 1 aromatic carbocycles. The summed E-state index contributed by atoms with van der Waals surface area (Å²) >= 11 is 0. The summed E-state index contributed by atoms with van der Waals surface area (Å²) < 4.78 is 5.47. The third-order valence-electron chi connectivity index (χ3n) is 2.14. The van der Waals surface area contributed by atoms with E-state index < -0.39 is 0 Å². The number of hydrogen-bond donors (Lipinski definition) is 0. The molecule has 0 atom stereocenters. The molecule has 0 aliphatic carbocycles. The van der Waals surface area contributed by atoms with Crippen LogP contribution in [0.25, 0.3) is 0 Å². The number of hydrogen-bond acceptors (Lipinski definition) is 1. The minimum atomic E-state index is 0.218. The van der Waals surface area contributed by atoms with Gasteiger partial charge in [0.1, 0.15) is 5.75 Å². The lowest BCUT2D eigenvalue weighted by molar-refractivity contribution is 0.349. The van der Waals surface area contributed by atoms with E-state index in [0.717, 1.165) is 5.75 Å². The van der Waals surface area contributed by atoms with Gasteiger partial charge >= 0.3 is 0 Å². The summed E-state index contributed by atoms with van der Waals surface area (Å²) in [5.41, 5.74) is 1.56. The maximum atomic E-state index is 5.47. The van der Waals surface area contributed by atoms with Crippen molar-refractivity contribution in [3.8, 4) is 5.75 Å². The van der Waals surface area contributed by atoms with Gasteiger partial charge in [-0.15, -0.1) is 0 Å². The van der Waals surface area contributed by atoms with Crippen molar-refractivity contribution >= 4 is 0 Å². The summed E-state index contributed by atoms with van der Waals surface area (Å²) in [4.78, 5) is 0. The van der Waals surface area contributed by atoms with Gasteiger partial charge in [0.15, 0.2) is 0 Å². The van der Waals surface area contributed by atoms with Crippen LogP contribution in [-0.2, 0) is 5.41 Å². The van der Waals surface area contributed by atoms with E-state index in [1.807, 2.05) is 25.5 Å². The lowest BCUT2D eigenvalue weighted by Gasteiger charge is -2.19. The van der Waals surface area contributed by atoms with Gasteiger partial charge in [0.25, 0.3) is 0 Å². The van der Waals surface area contributed by atoms with Gasteiger partial charge in [-0.05, 0) is 29.5 Å². The third kappa shape index (κ3) is 3.06. The van der Waals surface area contributed by atoms with Gasteiger partial charge in [0.2, 0.25) is 0 Å². The average Bonchev–Trinajstić information content (AvgIpc) is 2.14. The van der Waals surface area contributed by atoms with E-state index in [-0.39, 0.29) is 5.41 Å². The van der Waals surface area contributed by atoms with Crippen LogP contribution in [0.1, 0.15) is 33.3 Å². The van der Waals surface area contributed by atoms with Crippen molar-refractivity contribution < 1.29 is 4.74 Å². The van der Waals surface area contributed by atoms with Crippen molar-refractivity contribution in [3.63, 3.8) is 0 Å². The minimum absolute atomic E-state index is 0.218. The molecule has 0 heterocycles. The molecule has 0 bridgehead atoms. The normalized spacial score (nSPS) is 11.4. The average molecular weight is 191 g/mol. The lowest BCUT2D eigenvalue weighted by atomic mass is 9.87. The number of rotatable bonds is 3. The van der Waals surface area contributed by atoms with Crippen LogP contribution in [-0.4, -0.2) is 6.61 Å². The molecule has 0 aromatic heterocycles. The van der Waals surface area contributed by atoms with E-state index in [0.29, 0.717) is 6.61 Å². The van der Waals surface area contributed by atoms with Gasteiger partial charge in [0.05, 0.1) is 6.61 Å². The predicted octanol–water partition coefficient (Wildman–Crippen LogP) is 3.59. The largest absolute Gasteiger partial charge is 0.493 e. The second kappa shape index (κ2) is 4.50. The van der Waals surface area contributed by atoms with Crippen molar-refractivity contribution in [3.05, 3.63) is 36.2 Å². The Morgan fingerprint density at radius 2 is 1.71 bits per heavy atom. The first-order chi connectivity index (χ1) is 6.54. The van der Waals surface area contributed by atoms with E-state index in [9.17, 15) is 0 Å². The number of ether oxygens (including phenoxy) is 1. The fraction of sp³-hybridized carbons (Fsp3) is 0.462. The van der Waals surface area contributed by atoms with Crippen LogP contribution >= 0.6 is 0 Å². The molecule has 1 heteroatoms. The Bertz CT molecular complexity index is 266. The van der Waals surface area contributed by atoms with E-state index in [4.69, 9.17) is 4.74 Å². The van der Waals surface area contributed by atoms with Crippen molar-refractivity contribution in [2.24, 2.45) is 0 Å². The Kier molecular flexibility index (Phi) is 3.56. The van der Waals surface area contributed by atoms with Crippen LogP contribution in [0.2, 0.25) is 0 Å². The highest BCUT2D eigenvalue weighted by Crippen LogP contribution is 2.24. The zero-order chi connectivity index (χ0) is 10.6. The standard InChI is InChI=1S/C13H19O/c1-5-10-14-12-8-6-11(7-9-12)13(2,3)4/h5-9H,10H2,1-4H3. The minimum Gasteiger partial charge on any atom is -0.493 e. The Labute approximate surface area is 87.1 Å². The fourth-order valence-corrected chi connectivity index (χ4v) is 1.23. The Morgan fingerprint density at radius 3 is 2.14 bits per heavy atom. The summed E-state index contributed by atoms with van der Waals surface area (Å²) in [5, 5.41) is 0. The quantitative estimate of drug-likeness (QED) is 0.709. The first-order valence-corrected chi connectivity index (χ1v) is 5.05. The molecule has 0 saturated heterocycles. The van der Waals surface area contributed by atoms with Gasteiger partial charge < -0.3 is 4.74 Å². The smallest absolute Gasteiger partial charge is 0.119 e. The molecule has 0 fully saturated rings. The maximum Gasteiger partial charge on any atom is 0.119 e. The molecule has 14 heavy (non-hydrogen) atoms. The molecule has 1 radical (unpaired) electrons. The van der Waals surface area contributed by atoms with Gasteiger partial charge in [-0.3, -0.25) is 0 Å². The van der Waals surface area contributed by atoms with Gasteiger partial charge in [-0.2, -0.15) is 0 Å². The van der Waals surface area contributed by atoms with Crippen LogP contribution < -0.4 is 4.74 Å². The predicted molar refractivity (Wildman–Crippen MR) is 60.6 cm³/mol. The van der Waals surface area contributed by atoms with Crippen LogP contribution in [0.15, 0.2) is 24.3 Å². The molecule has 77 valence electrons. The summed E-state index contributed by atoms with van der Waals surface area (Å²) in [6.45, 7) is 9.30. The van der Waals surface area contributed by atoms with Crippen molar-refractivity contribution in [2.75, 3.05) is 6.61 Å². The molecule has 1 aromatic rings. The first kappa shape index (κ1) is 11.1. The second-order valence-electron chi connectivity index (χ2n) is 4.49. The molecule has 0 spiro atoms. The second-order valence-corrected chi connectivity index (χ2v) is 4.49. The molecule has 0 aliphatic rings. The highest BCUT2D eigenvalue weighted by Gasteiger charge is 2.12. The summed E-state index contributed by atoms with van der Waals surface area (Å²) in [5.74, 6) is 0.941. The Balaban J connectivity index is 2.69. The Hall–Kier alpha value is -0.980. The van der Waals surface area contributed by atoms with Crippen LogP contribution in [0.5, 0.6) is 5.75 Å². The fourth-order valence-electron chi connectivity index (χ4n) is 1.23. The molecule has 0 N–H and O–H groups in total. The molecular weight excluding hydrogens is 172 g/mol. The lowest BCUT2D eigenvalue weighted by Crippen LogP contribution is -2.10. The molecule has 1 nitrogen and oxygen atoms in total. The monoisotopic (exact) mass is 191 g/mol. The number of benzene rings is 1. The zero-order valence-electron chi connectivity index (χ0n) is 9.50. The molecule has 0 saturated carbocycles. The van der Waals surface area contributed by atoms with E-state index >= 15 is 0 Å². The molecule has 0 unspecified atom stereocenters. The van der Waals surface area contributed by atoms with E-state index in [1.165, 1.54) is 5.56 Å². The van der Waals surface area contributed by atoms with Gasteiger partial charge in [-0.1, -0.05) is 39.8 Å². The van der Waals surface area contributed by atoms with Crippen LogP contribution in [0.4, 0.5) is 0 Å². The topological polar surface area (TPSA) is 9.23 Å². The third-order valence-corrected chi connectivity index (χ3v) is 2.14. The summed E-state index contributed by atoms with van der Waals surface area (Å²) in [6, 6.07) is 8.32. The summed E-state index contributed by atoms with van der Waals surface area (Å²) in [6.07, 6.45) is 2.00. The molecular formula is C13H19O.